The maximum atomic E-state index is 11.3. The van der Waals surface area contributed by atoms with E-state index in [9.17, 15) is 8.42 Å². The van der Waals surface area contributed by atoms with E-state index in [-0.39, 0.29) is 35.5 Å². The summed E-state index contributed by atoms with van der Waals surface area (Å²) in [5.74, 6) is 2.08. The van der Waals surface area contributed by atoms with Crippen molar-refractivity contribution in [3.8, 4) is 0 Å². The Balaban J connectivity index is 0.00000242. The van der Waals surface area contributed by atoms with Crippen LogP contribution in [0.2, 0.25) is 0 Å². The summed E-state index contributed by atoms with van der Waals surface area (Å²) in [4.78, 5) is 6.28. The number of hydrogen-bond acceptors (Lipinski definition) is 5. The van der Waals surface area contributed by atoms with Crippen LogP contribution >= 0.6 is 24.0 Å². The summed E-state index contributed by atoms with van der Waals surface area (Å²) in [6.07, 6.45) is 1.64. The quantitative estimate of drug-likeness (QED) is 0.388. The highest BCUT2D eigenvalue weighted by Crippen LogP contribution is 2.02. The van der Waals surface area contributed by atoms with Crippen molar-refractivity contribution in [1.29, 1.82) is 0 Å². The predicted octanol–water partition coefficient (Wildman–Crippen LogP) is 0.293. The zero-order chi connectivity index (χ0) is 15.1. The predicted molar refractivity (Wildman–Crippen MR) is 97.4 cm³/mol. The molecule has 1 saturated heterocycles. The van der Waals surface area contributed by atoms with E-state index in [0.717, 1.165) is 18.8 Å². The molecule has 22 heavy (non-hydrogen) atoms. The fourth-order valence-electron chi connectivity index (χ4n) is 2.11. The number of furan rings is 1. The lowest BCUT2D eigenvalue weighted by molar-refractivity contribution is 0.299. The van der Waals surface area contributed by atoms with Crippen LogP contribution < -0.4 is 10.6 Å². The maximum Gasteiger partial charge on any atom is 0.191 e. The van der Waals surface area contributed by atoms with Gasteiger partial charge in [0, 0.05) is 33.2 Å². The van der Waals surface area contributed by atoms with Gasteiger partial charge in [-0.05, 0) is 12.1 Å². The number of guanidine groups is 1. The summed E-state index contributed by atoms with van der Waals surface area (Å²) in [5, 5.41) is 6.36. The third-order valence-corrected chi connectivity index (χ3v) is 5.00. The first-order valence-corrected chi connectivity index (χ1v) is 8.81. The van der Waals surface area contributed by atoms with Crippen LogP contribution in [0.1, 0.15) is 5.76 Å². The first kappa shape index (κ1) is 19.2. The van der Waals surface area contributed by atoms with Gasteiger partial charge in [-0.2, -0.15) is 0 Å². The largest absolute Gasteiger partial charge is 0.467 e. The summed E-state index contributed by atoms with van der Waals surface area (Å²) < 4.78 is 27.9. The van der Waals surface area contributed by atoms with E-state index >= 15 is 0 Å². The number of aliphatic imine (C=N–C) groups is 1. The monoisotopic (exact) mass is 442 g/mol. The molecule has 0 unspecified atom stereocenters. The minimum absolute atomic E-state index is 0. The van der Waals surface area contributed by atoms with E-state index in [1.54, 1.807) is 13.3 Å². The Morgan fingerprint density at radius 1 is 1.36 bits per heavy atom. The number of sulfone groups is 1. The van der Waals surface area contributed by atoms with E-state index < -0.39 is 9.84 Å². The lowest BCUT2D eigenvalue weighted by atomic mass is 10.4. The average Bonchev–Trinajstić information content (AvgIpc) is 2.97. The molecule has 1 aliphatic rings. The number of halogens is 1. The van der Waals surface area contributed by atoms with Gasteiger partial charge in [0.25, 0.3) is 0 Å². The molecule has 126 valence electrons. The van der Waals surface area contributed by atoms with Crippen molar-refractivity contribution in [2.45, 2.75) is 6.54 Å². The molecule has 2 rings (SSSR count). The summed E-state index contributed by atoms with van der Waals surface area (Å²) in [6.45, 7) is 3.33. The number of nitrogens with one attached hydrogen (secondary N) is 2. The molecule has 0 aliphatic carbocycles. The van der Waals surface area contributed by atoms with Crippen LogP contribution in [0, 0.1) is 0 Å². The van der Waals surface area contributed by atoms with Gasteiger partial charge in [0.1, 0.15) is 5.76 Å². The highest BCUT2D eigenvalue weighted by atomic mass is 127. The molecule has 0 amide bonds. The maximum absolute atomic E-state index is 11.3. The first-order chi connectivity index (χ1) is 10.1. The Bertz CT molecular complexity index is 546. The highest BCUT2D eigenvalue weighted by molar-refractivity contribution is 14.0. The first-order valence-electron chi connectivity index (χ1n) is 6.99. The number of hydrogen-bond donors (Lipinski definition) is 2. The Kier molecular flexibility index (Phi) is 8.18. The second kappa shape index (κ2) is 9.36. The van der Waals surface area contributed by atoms with Crippen LogP contribution in [0.25, 0.3) is 0 Å². The summed E-state index contributed by atoms with van der Waals surface area (Å²) >= 11 is 0. The van der Waals surface area contributed by atoms with Crippen molar-refractivity contribution in [2.24, 2.45) is 4.99 Å². The SMILES string of the molecule is CN=C(NCCN1CCS(=O)(=O)CC1)NCc1ccco1.I. The minimum Gasteiger partial charge on any atom is -0.467 e. The fourth-order valence-corrected chi connectivity index (χ4v) is 3.39. The van der Waals surface area contributed by atoms with E-state index in [0.29, 0.717) is 25.6 Å². The van der Waals surface area contributed by atoms with Gasteiger partial charge in [-0.3, -0.25) is 9.89 Å². The molecule has 0 saturated carbocycles. The van der Waals surface area contributed by atoms with Crippen molar-refractivity contribution < 1.29 is 12.8 Å². The smallest absolute Gasteiger partial charge is 0.191 e. The Morgan fingerprint density at radius 3 is 2.68 bits per heavy atom. The molecule has 0 aromatic carbocycles. The molecule has 1 aliphatic heterocycles. The second-order valence-corrected chi connectivity index (χ2v) is 7.23. The van der Waals surface area contributed by atoms with Crippen LogP contribution in [-0.4, -0.2) is 64.0 Å². The van der Waals surface area contributed by atoms with E-state index in [2.05, 4.69) is 20.5 Å². The molecular weight excluding hydrogens is 419 g/mol. The molecule has 1 fully saturated rings. The topological polar surface area (TPSA) is 86.9 Å². The molecule has 1 aromatic heterocycles. The van der Waals surface area contributed by atoms with Gasteiger partial charge >= 0.3 is 0 Å². The normalized spacial score (nSPS) is 18.5. The van der Waals surface area contributed by atoms with E-state index in [4.69, 9.17) is 4.42 Å². The van der Waals surface area contributed by atoms with Crippen molar-refractivity contribution in [2.75, 3.05) is 44.7 Å². The lowest BCUT2D eigenvalue weighted by Gasteiger charge is -2.26. The zero-order valence-corrected chi connectivity index (χ0v) is 15.8. The fraction of sp³-hybridized carbons (Fsp3) is 0.615. The number of rotatable bonds is 5. The summed E-state index contributed by atoms with van der Waals surface area (Å²) in [5.41, 5.74) is 0. The van der Waals surface area contributed by atoms with Gasteiger partial charge in [0.05, 0.1) is 24.3 Å². The molecular formula is C13H23IN4O3S. The van der Waals surface area contributed by atoms with Crippen LogP contribution in [0.4, 0.5) is 0 Å². The van der Waals surface area contributed by atoms with Gasteiger partial charge in [-0.15, -0.1) is 24.0 Å². The van der Waals surface area contributed by atoms with Gasteiger partial charge < -0.3 is 15.1 Å². The molecule has 2 heterocycles. The Hall–Kier alpha value is -0.810. The molecule has 0 atom stereocenters. The standard InChI is InChI=1S/C13H22N4O3S.HI/c1-14-13(16-11-12-3-2-8-20-12)15-4-5-17-6-9-21(18,19)10-7-17;/h2-3,8H,4-7,9-11H2,1H3,(H2,14,15,16);1H. The van der Waals surface area contributed by atoms with Crippen molar-refractivity contribution in [1.82, 2.24) is 15.5 Å². The van der Waals surface area contributed by atoms with E-state index in [1.165, 1.54) is 0 Å². The zero-order valence-electron chi connectivity index (χ0n) is 12.6. The van der Waals surface area contributed by atoms with Crippen molar-refractivity contribution >= 4 is 39.8 Å². The van der Waals surface area contributed by atoms with Crippen molar-refractivity contribution in [3.63, 3.8) is 0 Å². The molecule has 9 heteroatoms. The van der Waals surface area contributed by atoms with Crippen molar-refractivity contribution in [3.05, 3.63) is 24.2 Å². The molecule has 2 N–H and O–H groups in total. The highest BCUT2D eigenvalue weighted by Gasteiger charge is 2.20. The summed E-state index contributed by atoms with van der Waals surface area (Å²) in [7, 11) is -1.09. The Morgan fingerprint density at radius 2 is 2.09 bits per heavy atom. The van der Waals surface area contributed by atoms with Crippen LogP contribution in [0.5, 0.6) is 0 Å². The number of nitrogens with zero attached hydrogens (tertiary/aromatic N) is 2. The summed E-state index contributed by atoms with van der Waals surface area (Å²) in [6, 6.07) is 3.74. The van der Waals surface area contributed by atoms with Gasteiger partial charge in [-0.25, -0.2) is 8.42 Å². The second-order valence-electron chi connectivity index (χ2n) is 4.93. The Labute approximate surface area is 148 Å². The van der Waals surface area contributed by atoms with Crippen LogP contribution in [0.15, 0.2) is 27.8 Å². The molecule has 1 aromatic rings. The van der Waals surface area contributed by atoms with Crippen LogP contribution in [-0.2, 0) is 16.4 Å². The molecule has 7 nitrogen and oxygen atoms in total. The van der Waals surface area contributed by atoms with Gasteiger partial charge in [-0.1, -0.05) is 0 Å². The minimum atomic E-state index is -2.80. The molecule has 0 bridgehead atoms. The average molecular weight is 442 g/mol. The third-order valence-electron chi connectivity index (χ3n) is 3.39. The molecule has 0 radical (unpaired) electrons. The van der Waals surface area contributed by atoms with Gasteiger partial charge in [0.2, 0.25) is 0 Å². The van der Waals surface area contributed by atoms with E-state index in [1.807, 2.05) is 12.1 Å². The molecule has 0 spiro atoms. The van der Waals surface area contributed by atoms with Crippen LogP contribution in [0.3, 0.4) is 0 Å². The lowest BCUT2D eigenvalue weighted by Crippen LogP contribution is -2.45. The third kappa shape index (κ3) is 6.53. The van der Waals surface area contributed by atoms with Gasteiger partial charge in [0.15, 0.2) is 15.8 Å².